The predicted molar refractivity (Wildman–Crippen MR) is 85.8 cm³/mol. The molecule has 1 heterocycles. The lowest BCUT2D eigenvalue weighted by Gasteiger charge is -2.19. The van der Waals surface area contributed by atoms with Crippen molar-refractivity contribution in [3.8, 4) is 0 Å². The van der Waals surface area contributed by atoms with Gasteiger partial charge in [-0.15, -0.1) is 24.0 Å². The first-order valence-electron chi connectivity index (χ1n) is 6.43. The normalized spacial score (nSPS) is 18.4. The van der Waals surface area contributed by atoms with Crippen molar-refractivity contribution in [1.82, 2.24) is 10.6 Å². The number of aliphatic hydroxyl groups is 1. The van der Waals surface area contributed by atoms with E-state index in [0.29, 0.717) is 11.8 Å². The van der Waals surface area contributed by atoms with Crippen LogP contribution in [0.1, 0.15) is 32.4 Å². The number of aliphatic imine (C=N–C) groups is 1. The van der Waals surface area contributed by atoms with Crippen molar-refractivity contribution in [2.45, 2.75) is 38.3 Å². The van der Waals surface area contributed by atoms with Crippen molar-refractivity contribution in [3.63, 3.8) is 0 Å². The zero-order valence-electron chi connectivity index (χ0n) is 11.3. The summed E-state index contributed by atoms with van der Waals surface area (Å²) in [5, 5.41) is 16.8. The molecule has 3 N–H and O–H groups in total. The molecular weight excluding hydrogens is 357 g/mol. The van der Waals surface area contributed by atoms with E-state index in [0.717, 1.165) is 12.5 Å². The summed E-state index contributed by atoms with van der Waals surface area (Å²) in [7, 11) is 0. The van der Waals surface area contributed by atoms with Crippen molar-refractivity contribution >= 4 is 29.9 Å². The minimum Gasteiger partial charge on any atom is -0.466 e. The number of furan rings is 1. The number of halogens is 1. The third-order valence-electron chi connectivity index (χ3n) is 2.86. The molecule has 1 aliphatic carbocycles. The highest BCUT2D eigenvalue weighted by molar-refractivity contribution is 14.0. The number of nitrogens with one attached hydrogen (secondary N) is 2. The van der Waals surface area contributed by atoms with Crippen molar-refractivity contribution in [2.24, 2.45) is 4.99 Å². The van der Waals surface area contributed by atoms with Crippen LogP contribution < -0.4 is 10.6 Å². The molecule has 108 valence electrons. The summed E-state index contributed by atoms with van der Waals surface area (Å²) in [6.07, 6.45) is 3.94. The molecule has 0 radical (unpaired) electrons. The third-order valence-corrected chi connectivity index (χ3v) is 2.86. The van der Waals surface area contributed by atoms with Gasteiger partial charge in [0.05, 0.1) is 12.8 Å². The summed E-state index contributed by atoms with van der Waals surface area (Å²) in [5.41, 5.74) is -1.07. The molecule has 0 aromatic carbocycles. The Balaban J connectivity index is 0.00000180. The number of hydrogen-bond acceptors (Lipinski definition) is 3. The lowest BCUT2D eigenvalue weighted by atomic mass is 10.0. The molecule has 1 aliphatic rings. The van der Waals surface area contributed by atoms with Crippen LogP contribution in [0, 0.1) is 0 Å². The highest BCUT2D eigenvalue weighted by Gasteiger charge is 2.27. The Labute approximate surface area is 130 Å². The Morgan fingerprint density at radius 2 is 2.32 bits per heavy atom. The van der Waals surface area contributed by atoms with Crippen molar-refractivity contribution in [3.05, 3.63) is 24.2 Å². The average molecular weight is 379 g/mol. The zero-order valence-corrected chi connectivity index (χ0v) is 13.7. The molecule has 1 unspecified atom stereocenters. The summed E-state index contributed by atoms with van der Waals surface area (Å²) in [5.74, 6) is 1.29. The molecule has 1 aromatic heterocycles. The molecule has 0 aliphatic heterocycles. The number of hydrogen-bond donors (Lipinski definition) is 3. The minimum atomic E-state index is -1.07. The SMILES string of the molecule is CCNC(=NCC(C)(O)c1ccco1)NC1CC1.I. The van der Waals surface area contributed by atoms with Gasteiger partial charge in [0, 0.05) is 12.6 Å². The van der Waals surface area contributed by atoms with E-state index >= 15 is 0 Å². The van der Waals surface area contributed by atoms with Gasteiger partial charge in [0.25, 0.3) is 0 Å². The number of rotatable bonds is 5. The van der Waals surface area contributed by atoms with E-state index < -0.39 is 5.60 Å². The quantitative estimate of drug-likeness (QED) is 0.415. The highest BCUT2D eigenvalue weighted by Crippen LogP contribution is 2.21. The fourth-order valence-electron chi connectivity index (χ4n) is 1.64. The third kappa shape index (κ3) is 5.02. The molecule has 6 heteroatoms. The highest BCUT2D eigenvalue weighted by atomic mass is 127. The van der Waals surface area contributed by atoms with Gasteiger partial charge in [-0.05, 0) is 38.8 Å². The van der Waals surface area contributed by atoms with Crippen molar-refractivity contribution in [1.29, 1.82) is 0 Å². The van der Waals surface area contributed by atoms with Crippen molar-refractivity contribution in [2.75, 3.05) is 13.1 Å². The molecule has 1 atom stereocenters. The summed E-state index contributed by atoms with van der Waals surface area (Å²) < 4.78 is 5.22. The number of guanidine groups is 1. The fourth-order valence-corrected chi connectivity index (χ4v) is 1.64. The maximum absolute atomic E-state index is 10.3. The maximum Gasteiger partial charge on any atom is 0.191 e. The van der Waals surface area contributed by atoms with E-state index in [-0.39, 0.29) is 30.5 Å². The molecule has 0 bridgehead atoms. The van der Waals surface area contributed by atoms with Gasteiger partial charge in [0.1, 0.15) is 11.4 Å². The van der Waals surface area contributed by atoms with Crippen LogP contribution in [0.3, 0.4) is 0 Å². The zero-order chi connectivity index (χ0) is 13.0. The van der Waals surface area contributed by atoms with E-state index in [1.54, 1.807) is 25.3 Å². The van der Waals surface area contributed by atoms with E-state index in [1.807, 2.05) is 6.92 Å². The Kier molecular flexibility index (Phi) is 6.12. The Hall–Kier alpha value is -0.760. The van der Waals surface area contributed by atoms with Crippen LogP contribution in [0.5, 0.6) is 0 Å². The van der Waals surface area contributed by atoms with Gasteiger partial charge < -0.3 is 20.2 Å². The van der Waals surface area contributed by atoms with Gasteiger partial charge >= 0.3 is 0 Å². The minimum absolute atomic E-state index is 0. The Morgan fingerprint density at radius 3 is 2.84 bits per heavy atom. The van der Waals surface area contributed by atoms with Gasteiger partial charge in [-0.25, -0.2) is 4.99 Å². The first-order valence-corrected chi connectivity index (χ1v) is 6.43. The second-order valence-corrected chi connectivity index (χ2v) is 4.86. The van der Waals surface area contributed by atoms with E-state index in [1.165, 1.54) is 12.8 Å². The molecule has 1 fully saturated rings. The number of nitrogens with zero attached hydrogens (tertiary/aromatic N) is 1. The summed E-state index contributed by atoms with van der Waals surface area (Å²) in [4.78, 5) is 4.41. The van der Waals surface area contributed by atoms with Gasteiger partial charge in [0.2, 0.25) is 0 Å². The van der Waals surface area contributed by atoms with Gasteiger partial charge in [-0.1, -0.05) is 0 Å². The Morgan fingerprint density at radius 1 is 1.58 bits per heavy atom. The van der Waals surface area contributed by atoms with Crippen LogP contribution in [0.2, 0.25) is 0 Å². The molecule has 5 nitrogen and oxygen atoms in total. The largest absolute Gasteiger partial charge is 0.466 e. The monoisotopic (exact) mass is 379 g/mol. The first kappa shape index (κ1) is 16.3. The standard InChI is InChI=1S/C13H21N3O2.HI/c1-3-14-12(16-10-6-7-10)15-9-13(2,17)11-5-4-8-18-11;/h4-5,8,10,17H,3,6-7,9H2,1-2H3,(H2,14,15,16);1H. The topological polar surface area (TPSA) is 69.8 Å². The molecular formula is C13H22IN3O2. The van der Waals surface area contributed by atoms with Crippen LogP contribution in [-0.4, -0.2) is 30.2 Å². The van der Waals surface area contributed by atoms with Crippen molar-refractivity contribution < 1.29 is 9.52 Å². The van der Waals surface area contributed by atoms with Crippen LogP contribution >= 0.6 is 24.0 Å². The smallest absolute Gasteiger partial charge is 0.191 e. The van der Waals surface area contributed by atoms with Crippen LogP contribution in [0.4, 0.5) is 0 Å². The van der Waals surface area contributed by atoms with E-state index in [9.17, 15) is 5.11 Å². The molecule has 0 amide bonds. The van der Waals surface area contributed by atoms with Gasteiger partial charge in [0.15, 0.2) is 5.96 Å². The predicted octanol–water partition coefficient (Wildman–Crippen LogP) is 1.82. The lowest BCUT2D eigenvalue weighted by Crippen LogP contribution is -2.39. The van der Waals surface area contributed by atoms with E-state index in [2.05, 4.69) is 15.6 Å². The van der Waals surface area contributed by atoms with Crippen LogP contribution in [0.25, 0.3) is 0 Å². The molecule has 1 saturated carbocycles. The van der Waals surface area contributed by atoms with Crippen LogP contribution in [-0.2, 0) is 5.60 Å². The summed E-state index contributed by atoms with van der Waals surface area (Å²) in [6, 6.07) is 4.06. The second kappa shape index (κ2) is 7.14. The molecule has 19 heavy (non-hydrogen) atoms. The molecule has 2 rings (SSSR count). The van der Waals surface area contributed by atoms with Gasteiger partial charge in [-0.2, -0.15) is 0 Å². The van der Waals surface area contributed by atoms with Crippen LogP contribution in [0.15, 0.2) is 27.8 Å². The fraction of sp³-hybridized carbons (Fsp3) is 0.615. The first-order chi connectivity index (χ1) is 8.62. The molecule has 1 aromatic rings. The van der Waals surface area contributed by atoms with Gasteiger partial charge in [-0.3, -0.25) is 0 Å². The second-order valence-electron chi connectivity index (χ2n) is 4.86. The summed E-state index contributed by atoms with van der Waals surface area (Å²) >= 11 is 0. The summed E-state index contributed by atoms with van der Waals surface area (Å²) in [6.45, 7) is 4.80. The van der Waals surface area contributed by atoms with E-state index in [4.69, 9.17) is 4.42 Å². The molecule has 0 saturated heterocycles. The average Bonchev–Trinajstić information content (AvgIpc) is 2.96. The maximum atomic E-state index is 10.3. The Bertz CT molecular complexity index is 400. The lowest BCUT2D eigenvalue weighted by molar-refractivity contribution is 0.0437. The molecule has 0 spiro atoms.